The van der Waals surface area contributed by atoms with Crippen LogP contribution in [0.3, 0.4) is 0 Å². The van der Waals surface area contributed by atoms with Crippen LogP contribution in [0.15, 0.2) is 12.1 Å². The number of halogens is 1. The van der Waals surface area contributed by atoms with Gasteiger partial charge in [0, 0.05) is 6.54 Å². The van der Waals surface area contributed by atoms with Crippen molar-refractivity contribution in [3.63, 3.8) is 0 Å². The molecule has 1 atom stereocenters. The van der Waals surface area contributed by atoms with Crippen LogP contribution >= 0.6 is 11.6 Å². The fourth-order valence-electron chi connectivity index (χ4n) is 2.64. The molecule has 0 spiro atoms. The summed E-state index contributed by atoms with van der Waals surface area (Å²) in [4.78, 5) is 4.45. The summed E-state index contributed by atoms with van der Waals surface area (Å²) >= 11 is 6.21. The van der Waals surface area contributed by atoms with Gasteiger partial charge in [0.2, 0.25) is 5.95 Å². The molecule has 25 heavy (non-hydrogen) atoms. The van der Waals surface area contributed by atoms with Gasteiger partial charge >= 0.3 is 0 Å². The minimum absolute atomic E-state index is 0.228. The van der Waals surface area contributed by atoms with Crippen LogP contribution in [-0.4, -0.2) is 40.0 Å². The number of rotatable bonds is 6. The van der Waals surface area contributed by atoms with Gasteiger partial charge in [-0.1, -0.05) is 25.4 Å². The van der Waals surface area contributed by atoms with Crippen LogP contribution in [0.1, 0.15) is 36.9 Å². The number of anilines is 1. The summed E-state index contributed by atoms with van der Waals surface area (Å²) < 4.78 is 11.0. The van der Waals surface area contributed by atoms with Gasteiger partial charge in [-0.05, 0) is 30.5 Å². The number of benzene rings is 1. The zero-order valence-corrected chi connectivity index (χ0v) is 15.0. The first kappa shape index (κ1) is 17.7. The quantitative estimate of drug-likeness (QED) is 0.814. The topological polar surface area (TPSA) is 89.4 Å². The molecule has 7 nitrogen and oxygen atoms in total. The lowest BCUT2D eigenvalue weighted by molar-refractivity contribution is 0.167. The predicted molar refractivity (Wildman–Crippen MR) is 94.5 cm³/mol. The number of fused-ring (bicyclic) bond motifs is 1. The summed E-state index contributed by atoms with van der Waals surface area (Å²) in [6.07, 6.45) is 0.781. The Balaban J connectivity index is 1.70. The minimum atomic E-state index is -0.798. The normalized spacial score (nSPS) is 14.2. The van der Waals surface area contributed by atoms with E-state index in [0.29, 0.717) is 41.2 Å². The van der Waals surface area contributed by atoms with Crippen molar-refractivity contribution in [2.75, 3.05) is 25.1 Å². The lowest BCUT2D eigenvalue weighted by Crippen LogP contribution is -2.18. The van der Waals surface area contributed by atoms with E-state index in [1.165, 1.54) is 0 Å². The molecule has 134 valence electrons. The highest BCUT2D eigenvalue weighted by atomic mass is 35.5. The highest BCUT2D eigenvalue weighted by Gasteiger charge is 2.19. The molecule has 0 amide bonds. The first-order chi connectivity index (χ1) is 12.1. The maximum atomic E-state index is 10.4. The van der Waals surface area contributed by atoms with E-state index in [1.807, 2.05) is 13.8 Å². The number of aryl methyl sites for hydroxylation is 2. The number of aliphatic hydroxyl groups excluding tert-OH is 1. The fourth-order valence-corrected chi connectivity index (χ4v) is 2.92. The van der Waals surface area contributed by atoms with Crippen LogP contribution in [0.4, 0.5) is 5.95 Å². The third-order valence-electron chi connectivity index (χ3n) is 3.97. The largest absolute Gasteiger partial charge is 0.486 e. The van der Waals surface area contributed by atoms with Gasteiger partial charge in [0.25, 0.3) is 0 Å². The molecule has 1 aliphatic rings. The van der Waals surface area contributed by atoms with Crippen molar-refractivity contribution < 1.29 is 14.6 Å². The van der Waals surface area contributed by atoms with Crippen LogP contribution in [0.25, 0.3) is 0 Å². The Labute approximate surface area is 151 Å². The summed E-state index contributed by atoms with van der Waals surface area (Å²) in [7, 11) is 0. The lowest BCUT2D eigenvalue weighted by Gasteiger charge is -2.21. The van der Waals surface area contributed by atoms with Crippen LogP contribution in [0.2, 0.25) is 5.02 Å². The molecule has 0 fully saturated rings. The standard InChI is InChI=1S/C17H21ClN4O3/c1-3-12-13(4-2)21-22-17(20-12)19-9-14(23)10-7-11(18)16-15(8-10)24-5-6-25-16/h7-8,14,23H,3-6,9H2,1-2H3,(H,19,20,22). The third-order valence-corrected chi connectivity index (χ3v) is 4.25. The van der Waals surface area contributed by atoms with E-state index in [2.05, 4.69) is 20.5 Å². The molecular formula is C17H21ClN4O3. The second kappa shape index (κ2) is 7.84. The molecule has 1 aromatic heterocycles. The van der Waals surface area contributed by atoms with Crippen molar-refractivity contribution >= 4 is 17.5 Å². The van der Waals surface area contributed by atoms with Crippen molar-refractivity contribution in [2.24, 2.45) is 0 Å². The maximum Gasteiger partial charge on any atom is 0.243 e. The first-order valence-corrected chi connectivity index (χ1v) is 8.73. The maximum absolute atomic E-state index is 10.4. The zero-order valence-electron chi connectivity index (χ0n) is 14.3. The molecule has 8 heteroatoms. The number of ether oxygens (including phenoxy) is 2. The summed E-state index contributed by atoms with van der Waals surface area (Å²) in [6, 6.07) is 3.42. The van der Waals surface area contributed by atoms with Gasteiger partial charge in [0.05, 0.1) is 22.5 Å². The Hall–Kier alpha value is -2.12. The summed E-state index contributed by atoms with van der Waals surface area (Å²) in [5.41, 5.74) is 2.44. The number of aromatic nitrogens is 3. The van der Waals surface area contributed by atoms with E-state index in [4.69, 9.17) is 21.1 Å². The molecule has 2 heterocycles. The van der Waals surface area contributed by atoms with Gasteiger partial charge in [0.1, 0.15) is 13.2 Å². The highest BCUT2D eigenvalue weighted by Crippen LogP contribution is 2.39. The molecule has 0 radical (unpaired) electrons. The molecular weight excluding hydrogens is 344 g/mol. The molecule has 3 rings (SSSR count). The highest BCUT2D eigenvalue weighted by molar-refractivity contribution is 6.32. The summed E-state index contributed by atoms with van der Waals surface area (Å²) in [6.45, 7) is 5.21. The molecule has 1 unspecified atom stereocenters. The van der Waals surface area contributed by atoms with Crippen LogP contribution in [0.5, 0.6) is 11.5 Å². The molecule has 2 N–H and O–H groups in total. The molecule has 1 aliphatic heterocycles. The van der Waals surface area contributed by atoms with Crippen molar-refractivity contribution in [3.05, 3.63) is 34.1 Å². The zero-order chi connectivity index (χ0) is 17.8. The van der Waals surface area contributed by atoms with E-state index >= 15 is 0 Å². The number of aliphatic hydroxyl groups is 1. The van der Waals surface area contributed by atoms with E-state index in [-0.39, 0.29) is 6.54 Å². The fraction of sp³-hybridized carbons (Fsp3) is 0.471. The Morgan fingerprint density at radius 3 is 2.68 bits per heavy atom. The second-order valence-electron chi connectivity index (χ2n) is 5.66. The molecule has 1 aromatic carbocycles. The Morgan fingerprint density at radius 1 is 1.16 bits per heavy atom. The molecule has 0 bridgehead atoms. The number of nitrogens with zero attached hydrogens (tertiary/aromatic N) is 3. The smallest absolute Gasteiger partial charge is 0.243 e. The molecule has 0 saturated carbocycles. The Morgan fingerprint density at radius 2 is 1.92 bits per heavy atom. The average Bonchev–Trinajstić information content (AvgIpc) is 2.65. The second-order valence-corrected chi connectivity index (χ2v) is 6.07. The molecule has 0 aliphatic carbocycles. The predicted octanol–water partition coefficient (Wildman–Crippen LogP) is 2.57. The van der Waals surface area contributed by atoms with Gasteiger partial charge in [-0.2, -0.15) is 5.10 Å². The first-order valence-electron chi connectivity index (χ1n) is 8.35. The molecule has 0 saturated heterocycles. The van der Waals surface area contributed by atoms with Crippen LogP contribution in [-0.2, 0) is 12.8 Å². The van der Waals surface area contributed by atoms with Crippen LogP contribution < -0.4 is 14.8 Å². The Bertz CT molecular complexity index is 757. The van der Waals surface area contributed by atoms with E-state index in [9.17, 15) is 5.11 Å². The number of hydrogen-bond acceptors (Lipinski definition) is 7. The van der Waals surface area contributed by atoms with Gasteiger partial charge in [-0.25, -0.2) is 4.98 Å². The van der Waals surface area contributed by atoms with Gasteiger partial charge < -0.3 is 19.9 Å². The Kier molecular flexibility index (Phi) is 5.55. The minimum Gasteiger partial charge on any atom is -0.486 e. The number of nitrogens with one attached hydrogen (secondary N) is 1. The monoisotopic (exact) mass is 364 g/mol. The SMILES string of the molecule is CCc1nnc(NCC(O)c2cc(Cl)c3c(c2)OCCO3)nc1CC. The van der Waals surface area contributed by atoms with E-state index in [1.54, 1.807) is 12.1 Å². The van der Waals surface area contributed by atoms with Gasteiger partial charge in [-0.3, -0.25) is 0 Å². The van der Waals surface area contributed by atoms with E-state index < -0.39 is 6.10 Å². The van der Waals surface area contributed by atoms with E-state index in [0.717, 1.165) is 24.2 Å². The number of hydrogen-bond donors (Lipinski definition) is 2. The summed E-state index contributed by atoms with van der Waals surface area (Å²) in [5, 5.41) is 22.1. The lowest BCUT2D eigenvalue weighted by atomic mass is 10.1. The van der Waals surface area contributed by atoms with Crippen molar-refractivity contribution in [3.8, 4) is 11.5 Å². The summed E-state index contributed by atoms with van der Waals surface area (Å²) in [5.74, 6) is 1.47. The van der Waals surface area contributed by atoms with Crippen molar-refractivity contribution in [1.29, 1.82) is 0 Å². The third kappa shape index (κ3) is 3.93. The van der Waals surface area contributed by atoms with Crippen LogP contribution in [0, 0.1) is 0 Å². The van der Waals surface area contributed by atoms with Crippen molar-refractivity contribution in [2.45, 2.75) is 32.8 Å². The van der Waals surface area contributed by atoms with Crippen molar-refractivity contribution in [1.82, 2.24) is 15.2 Å². The van der Waals surface area contributed by atoms with Gasteiger partial charge in [-0.15, -0.1) is 5.10 Å². The van der Waals surface area contributed by atoms with Gasteiger partial charge in [0.15, 0.2) is 11.5 Å². The molecule has 2 aromatic rings. The average molecular weight is 365 g/mol.